The van der Waals surface area contributed by atoms with Gasteiger partial charge in [0.25, 0.3) is 0 Å². The summed E-state index contributed by atoms with van der Waals surface area (Å²) < 4.78 is 1.08. The van der Waals surface area contributed by atoms with E-state index in [1.807, 2.05) is 24.3 Å². The molecule has 2 N–H and O–H groups in total. The van der Waals surface area contributed by atoms with Gasteiger partial charge in [-0.2, -0.15) is 0 Å². The molecule has 0 saturated carbocycles. The highest BCUT2D eigenvalue weighted by Gasteiger charge is 1.90. The van der Waals surface area contributed by atoms with Crippen molar-refractivity contribution in [1.82, 2.24) is 0 Å². The van der Waals surface area contributed by atoms with Crippen molar-refractivity contribution in [1.29, 1.82) is 0 Å². The molecule has 0 radical (unpaired) electrons. The Kier molecular flexibility index (Phi) is 3.29. The molecule has 0 saturated heterocycles. The van der Waals surface area contributed by atoms with E-state index in [1.54, 1.807) is 6.92 Å². The number of rotatable bonds is 2. The number of benzene rings is 1. The van der Waals surface area contributed by atoms with Gasteiger partial charge in [0.1, 0.15) is 0 Å². The average molecular weight is 227 g/mol. The van der Waals surface area contributed by atoms with Crippen LogP contribution in [0.3, 0.4) is 0 Å². The number of nitrogens with zero attached hydrogens (tertiary/aromatic N) is 1. The van der Waals surface area contributed by atoms with Crippen molar-refractivity contribution in [2.45, 2.75) is 13.5 Å². The first kappa shape index (κ1) is 9.26. The summed E-state index contributed by atoms with van der Waals surface area (Å²) in [5.41, 5.74) is 6.58. The van der Waals surface area contributed by atoms with Crippen molar-refractivity contribution < 1.29 is 0 Å². The van der Waals surface area contributed by atoms with E-state index in [-0.39, 0.29) is 0 Å². The summed E-state index contributed by atoms with van der Waals surface area (Å²) in [7, 11) is 0. The molecule has 2 nitrogen and oxygen atoms in total. The topological polar surface area (TPSA) is 38.4 Å². The quantitative estimate of drug-likeness (QED) is 0.611. The Labute approximate surface area is 80.6 Å². The number of hydrogen-bond acceptors (Lipinski definition) is 1. The van der Waals surface area contributed by atoms with Crippen LogP contribution in [0.1, 0.15) is 12.5 Å². The molecule has 0 atom stereocenters. The molecule has 0 bridgehead atoms. The van der Waals surface area contributed by atoms with Gasteiger partial charge in [-0.1, -0.05) is 28.1 Å². The van der Waals surface area contributed by atoms with Gasteiger partial charge in [-0.15, -0.1) is 0 Å². The van der Waals surface area contributed by atoms with Gasteiger partial charge in [0, 0.05) is 4.47 Å². The van der Waals surface area contributed by atoms with Crippen LogP contribution in [0.25, 0.3) is 0 Å². The minimum atomic E-state index is 0.623. The number of amidine groups is 1. The molecule has 1 rings (SSSR count). The van der Waals surface area contributed by atoms with Gasteiger partial charge in [-0.05, 0) is 24.6 Å². The van der Waals surface area contributed by atoms with E-state index in [1.165, 1.54) is 5.56 Å². The fourth-order valence-electron chi connectivity index (χ4n) is 0.806. The summed E-state index contributed by atoms with van der Waals surface area (Å²) >= 11 is 3.36. The second-order valence-electron chi connectivity index (χ2n) is 2.58. The summed E-state index contributed by atoms with van der Waals surface area (Å²) in [4.78, 5) is 4.10. The van der Waals surface area contributed by atoms with E-state index in [9.17, 15) is 0 Å². The average Bonchev–Trinajstić information content (AvgIpc) is 2.03. The Balaban J connectivity index is 2.65. The first-order chi connectivity index (χ1) is 5.68. The lowest BCUT2D eigenvalue weighted by Crippen LogP contribution is -2.05. The van der Waals surface area contributed by atoms with Crippen LogP contribution in [0, 0.1) is 0 Å². The standard InChI is InChI=1S/C9H11BrN2/c1-7(11)12-6-8-2-4-9(10)5-3-8/h2-5H,6H2,1H3,(H2,11,12). The Bertz CT molecular complexity index is 273. The minimum Gasteiger partial charge on any atom is -0.388 e. The van der Waals surface area contributed by atoms with E-state index >= 15 is 0 Å². The molecule has 0 fully saturated rings. The van der Waals surface area contributed by atoms with Crippen LogP contribution in [-0.4, -0.2) is 5.84 Å². The number of halogens is 1. The van der Waals surface area contributed by atoms with E-state index in [2.05, 4.69) is 20.9 Å². The second-order valence-corrected chi connectivity index (χ2v) is 3.50. The molecule has 0 aliphatic rings. The molecule has 0 aromatic heterocycles. The monoisotopic (exact) mass is 226 g/mol. The van der Waals surface area contributed by atoms with Crippen molar-refractivity contribution in [3.05, 3.63) is 34.3 Å². The van der Waals surface area contributed by atoms with Crippen LogP contribution in [0.4, 0.5) is 0 Å². The molecule has 3 heteroatoms. The minimum absolute atomic E-state index is 0.623. The second kappa shape index (κ2) is 4.26. The van der Waals surface area contributed by atoms with E-state index in [0.717, 1.165) is 4.47 Å². The SMILES string of the molecule is CC(N)=NCc1ccc(Br)cc1. The summed E-state index contributed by atoms with van der Waals surface area (Å²) in [6, 6.07) is 8.04. The largest absolute Gasteiger partial charge is 0.388 e. The normalized spacial score (nSPS) is 11.7. The highest BCUT2D eigenvalue weighted by molar-refractivity contribution is 9.10. The van der Waals surface area contributed by atoms with E-state index < -0.39 is 0 Å². The summed E-state index contributed by atoms with van der Waals surface area (Å²) in [5, 5.41) is 0. The Morgan fingerprint density at radius 3 is 2.50 bits per heavy atom. The summed E-state index contributed by atoms with van der Waals surface area (Å²) in [5.74, 6) is 0.623. The maximum absolute atomic E-state index is 5.41. The van der Waals surface area contributed by atoms with Crippen LogP contribution in [0.2, 0.25) is 0 Å². The molecule has 1 aromatic rings. The smallest absolute Gasteiger partial charge is 0.0909 e. The van der Waals surface area contributed by atoms with Gasteiger partial charge < -0.3 is 5.73 Å². The lowest BCUT2D eigenvalue weighted by molar-refractivity contribution is 1.06. The predicted molar refractivity (Wildman–Crippen MR) is 55.1 cm³/mol. The molecule has 12 heavy (non-hydrogen) atoms. The third kappa shape index (κ3) is 3.05. The maximum atomic E-state index is 5.41. The van der Waals surface area contributed by atoms with Gasteiger partial charge in [-0.25, -0.2) is 0 Å². The molecule has 0 spiro atoms. The van der Waals surface area contributed by atoms with Crippen molar-refractivity contribution in [2.24, 2.45) is 10.7 Å². The summed E-state index contributed by atoms with van der Waals surface area (Å²) in [6.07, 6.45) is 0. The molecule has 0 amide bonds. The molecule has 0 aliphatic heterocycles. The molecular formula is C9H11BrN2. The van der Waals surface area contributed by atoms with E-state index in [0.29, 0.717) is 12.4 Å². The molecule has 0 aliphatic carbocycles. The predicted octanol–water partition coefficient (Wildman–Crippen LogP) is 2.33. The third-order valence-corrected chi connectivity index (χ3v) is 1.95. The van der Waals surface area contributed by atoms with Crippen molar-refractivity contribution >= 4 is 21.8 Å². The van der Waals surface area contributed by atoms with Gasteiger partial charge in [0.05, 0.1) is 12.4 Å². The first-order valence-corrected chi connectivity index (χ1v) is 4.49. The molecule has 1 aromatic carbocycles. The third-order valence-electron chi connectivity index (χ3n) is 1.42. The van der Waals surface area contributed by atoms with E-state index in [4.69, 9.17) is 5.73 Å². The number of aliphatic imine (C=N–C) groups is 1. The molecule has 0 heterocycles. The van der Waals surface area contributed by atoms with Gasteiger partial charge in [-0.3, -0.25) is 4.99 Å². The fourth-order valence-corrected chi connectivity index (χ4v) is 1.07. The van der Waals surface area contributed by atoms with Crippen LogP contribution in [-0.2, 0) is 6.54 Å². The molecule has 0 unspecified atom stereocenters. The molecule has 64 valence electrons. The maximum Gasteiger partial charge on any atom is 0.0909 e. The molecular weight excluding hydrogens is 216 g/mol. The van der Waals surface area contributed by atoms with Gasteiger partial charge in [0.15, 0.2) is 0 Å². The zero-order chi connectivity index (χ0) is 8.97. The summed E-state index contributed by atoms with van der Waals surface area (Å²) in [6.45, 7) is 2.45. The van der Waals surface area contributed by atoms with Crippen LogP contribution < -0.4 is 5.73 Å². The van der Waals surface area contributed by atoms with Crippen LogP contribution in [0.5, 0.6) is 0 Å². The first-order valence-electron chi connectivity index (χ1n) is 3.69. The zero-order valence-electron chi connectivity index (χ0n) is 6.92. The fraction of sp³-hybridized carbons (Fsp3) is 0.222. The van der Waals surface area contributed by atoms with Crippen molar-refractivity contribution in [2.75, 3.05) is 0 Å². The number of nitrogens with two attached hydrogens (primary N) is 1. The number of hydrogen-bond donors (Lipinski definition) is 1. The van der Waals surface area contributed by atoms with Crippen molar-refractivity contribution in [3.8, 4) is 0 Å². The Morgan fingerprint density at radius 1 is 1.42 bits per heavy atom. The Morgan fingerprint density at radius 2 is 2.00 bits per heavy atom. The highest BCUT2D eigenvalue weighted by Crippen LogP contribution is 2.10. The van der Waals surface area contributed by atoms with Crippen LogP contribution in [0.15, 0.2) is 33.7 Å². The van der Waals surface area contributed by atoms with Gasteiger partial charge in [0.2, 0.25) is 0 Å². The Hall–Kier alpha value is -0.830. The lowest BCUT2D eigenvalue weighted by Gasteiger charge is -1.96. The van der Waals surface area contributed by atoms with Crippen LogP contribution >= 0.6 is 15.9 Å². The van der Waals surface area contributed by atoms with Crippen molar-refractivity contribution in [3.63, 3.8) is 0 Å². The lowest BCUT2D eigenvalue weighted by atomic mass is 10.2. The van der Waals surface area contributed by atoms with Gasteiger partial charge >= 0.3 is 0 Å². The zero-order valence-corrected chi connectivity index (χ0v) is 8.51. The highest BCUT2D eigenvalue weighted by atomic mass is 79.9.